The standard InChI is InChI=1S/C16H23N3O2/c1-16(11-21-10-14(16)17)15(20)18-12-5-4-6-13(9-12)19-7-2-3-8-19/h4-6,9,14H,2-3,7-8,10-11,17H2,1H3,(H,18,20). The van der Waals surface area contributed by atoms with Gasteiger partial charge in [0.15, 0.2) is 0 Å². The smallest absolute Gasteiger partial charge is 0.234 e. The third-order valence-corrected chi connectivity index (χ3v) is 4.61. The Labute approximate surface area is 125 Å². The van der Waals surface area contributed by atoms with Gasteiger partial charge in [0.1, 0.15) is 0 Å². The Balaban J connectivity index is 1.72. The van der Waals surface area contributed by atoms with Crippen LogP contribution in [0.1, 0.15) is 19.8 Å². The van der Waals surface area contributed by atoms with Crippen molar-refractivity contribution >= 4 is 17.3 Å². The number of hydrogen-bond donors (Lipinski definition) is 2. The molecule has 3 rings (SSSR count). The van der Waals surface area contributed by atoms with Crippen LogP contribution in [0.5, 0.6) is 0 Å². The van der Waals surface area contributed by atoms with Crippen molar-refractivity contribution in [3.05, 3.63) is 24.3 Å². The summed E-state index contributed by atoms with van der Waals surface area (Å²) < 4.78 is 5.34. The Morgan fingerprint density at radius 1 is 1.43 bits per heavy atom. The molecule has 5 heteroatoms. The normalized spacial score (nSPS) is 28.9. The van der Waals surface area contributed by atoms with Crippen molar-refractivity contribution in [3.8, 4) is 0 Å². The van der Waals surface area contributed by atoms with E-state index >= 15 is 0 Å². The Bertz CT molecular complexity index is 528. The van der Waals surface area contributed by atoms with E-state index < -0.39 is 5.41 Å². The van der Waals surface area contributed by atoms with Gasteiger partial charge in [0, 0.05) is 30.5 Å². The third-order valence-electron chi connectivity index (χ3n) is 4.61. The second-order valence-corrected chi connectivity index (χ2v) is 6.24. The molecule has 0 spiro atoms. The molecule has 2 heterocycles. The Morgan fingerprint density at radius 2 is 2.19 bits per heavy atom. The van der Waals surface area contributed by atoms with Gasteiger partial charge in [-0.2, -0.15) is 0 Å². The van der Waals surface area contributed by atoms with Crippen LogP contribution in [0.3, 0.4) is 0 Å². The van der Waals surface area contributed by atoms with Crippen LogP contribution in [0.25, 0.3) is 0 Å². The highest BCUT2D eigenvalue weighted by Gasteiger charge is 2.44. The molecule has 0 bridgehead atoms. The third kappa shape index (κ3) is 2.76. The Kier molecular flexibility index (Phi) is 3.87. The molecule has 1 aromatic carbocycles. The monoisotopic (exact) mass is 289 g/mol. The quantitative estimate of drug-likeness (QED) is 0.886. The van der Waals surface area contributed by atoms with Crippen molar-refractivity contribution in [2.24, 2.45) is 11.1 Å². The summed E-state index contributed by atoms with van der Waals surface area (Å²) in [6, 6.07) is 7.78. The first-order valence-electron chi connectivity index (χ1n) is 7.59. The molecule has 0 aromatic heterocycles. The van der Waals surface area contributed by atoms with Crippen molar-refractivity contribution < 1.29 is 9.53 Å². The van der Waals surface area contributed by atoms with Gasteiger partial charge in [0.2, 0.25) is 5.91 Å². The van der Waals surface area contributed by atoms with Gasteiger partial charge in [-0.25, -0.2) is 0 Å². The van der Waals surface area contributed by atoms with E-state index in [2.05, 4.69) is 16.3 Å². The van der Waals surface area contributed by atoms with Gasteiger partial charge in [-0.15, -0.1) is 0 Å². The average Bonchev–Trinajstić information content (AvgIpc) is 3.11. The summed E-state index contributed by atoms with van der Waals surface area (Å²) >= 11 is 0. The van der Waals surface area contributed by atoms with Gasteiger partial charge < -0.3 is 20.7 Å². The molecule has 1 amide bonds. The first-order valence-corrected chi connectivity index (χ1v) is 7.59. The summed E-state index contributed by atoms with van der Waals surface area (Å²) in [5.74, 6) is -0.0638. The topological polar surface area (TPSA) is 67.6 Å². The lowest BCUT2D eigenvalue weighted by molar-refractivity contribution is -0.125. The van der Waals surface area contributed by atoms with Crippen LogP contribution in [0, 0.1) is 5.41 Å². The fourth-order valence-electron chi connectivity index (χ4n) is 2.95. The maximum absolute atomic E-state index is 12.5. The molecule has 2 fully saturated rings. The lowest BCUT2D eigenvalue weighted by Crippen LogP contribution is -2.47. The van der Waals surface area contributed by atoms with Crippen LogP contribution < -0.4 is 16.0 Å². The molecule has 3 N–H and O–H groups in total. The van der Waals surface area contributed by atoms with E-state index in [0.717, 1.165) is 18.8 Å². The summed E-state index contributed by atoms with van der Waals surface area (Å²) in [5.41, 5.74) is 7.35. The summed E-state index contributed by atoms with van der Waals surface area (Å²) in [7, 11) is 0. The van der Waals surface area contributed by atoms with Crippen LogP contribution in [0.4, 0.5) is 11.4 Å². The van der Waals surface area contributed by atoms with Crippen molar-refractivity contribution in [3.63, 3.8) is 0 Å². The molecule has 2 aliphatic rings. The van der Waals surface area contributed by atoms with Crippen LogP contribution in [0.15, 0.2) is 24.3 Å². The zero-order chi connectivity index (χ0) is 14.9. The number of amides is 1. The number of carbonyl (C=O) groups is 1. The van der Waals surface area contributed by atoms with Gasteiger partial charge in [0.05, 0.1) is 18.6 Å². The van der Waals surface area contributed by atoms with Gasteiger partial charge in [-0.3, -0.25) is 4.79 Å². The fourth-order valence-corrected chi connectivity index (χ4v) is 2.95. The molecule has 114 valence electrons. The maximum atomic E-state index is 12.5. The Morgan fingerprint density at radius 3 is 2.86 bits per heavy atom. The van der Waals surface area contributed by atoms with Crippen LogP contribution in [-0.4, -0.2) is 38.3 Å². The van der Waals surface area contributed by atoms with Crippen molar-refractivity contribution in [1.29, 1.82) is 0 Å². The number of rotatable bonds is 3. The molecule has 5 nitrogen and oxygen atoms in total. The van der Waals surface area contributed by atoms with Crippen molar-refractivity contribution in [1.82, 2.24) is 0 Å². The molecular formula is C16H23N3O2. The zero-order valence-corrected chi connectivity index (χ0v) is 12.5. The minimum atomic E-state index is -0.649. The number of nitrogens with two attached hydrogens (primary N) is 1. The molecule has 2 unspecified atom stereocenters. The van der Waals surface area contributed by atoms with Crippen LogP contribution >= 0.6 is 0 Å². The highest BCUT2D eigenvalue weighted by molar-refractivity contribution is 5.96. The summed E-state index contributed by atoms with van der Waals surface area (Å²) in [4.78, 5) is 14.8. The number of carbonyl (C=O) groups excluding carboxylic acids is 1. The number of nitrogens with one attached hydrogen (secondary N) is 1. The molecule has 21 heavy (non-hydrogen) atoms. The van der Waals surface area contributed by atoms with E-state index in [9.17, 15) is 4.79 Å². The largest absolute Gasteiger partial charge is 0.379 e. The summed E-state index contributed by atoms with van der Waals surface area (Å²) in [6.07, 6.45) is 2.47. The van der Waals surface area contributed by atoms with E-state index in [-0.39, 0.29) is 11.9 Å². The van der Waals surface area contributed by atoms with Crippen molar-refractivity contribution in [2.45, 2.75) is 25.8 Å². The van der Waals surface area contributed by atoms with E-state index in [1.165, 1.54) is 18.5 Å². The molecule has 0 saturated carbocycles. The van der Waals surface area contributed by atoms with Crippen LogP contribution in [0.2, 0.25) is 0 Å². The van der Waals surface area contributed by atoms with E-state index in [4.69, 9.17) is 10.5 Å². The van der Waals surface area contributed by atoms with Gasteiger partial charge in [0.25, 0.3) is 0 Å². The van der Waals surface area contributed by atoms with Gasteiger partial charge in [-0.05, 0) is 38.0 Å². The highest BCUT2D eigenvalue weighted by Crippen LogP contribution is 2.30. The predicted molar refractivity (Wildman–Crippen MR) is 83.4 cm³/mol. The zero-order valence-electron chi connectivity index (χ0n) is 12.5. The van der Waals surface area contributed by atoms with Gasteiger partial charge >= 0.3 is 0 Å². The highest BCUT2D eigenvalue weighted by atomic mass is 16.5. The predicted octanol–water partition coefficient (Wildman–Crippen LogP) is 1.59. The summed E-state index contributed by atoms with van der Waals surface area (Å²) in [6.45, 7) is 4.87. The number of benzene rings is 1. The molecule has 2 saturated heterocycles. The molecular weight excluding hydrogens is 266 g/mol. The molecule has 2 aliphatic heterocycles. The summed E-state index contributed by atoms with van der Waals surface area (Å²) in [5, 5.41) is 2.99. The van der Waals surface area contributed by atoms with Crippen LogP contribution in [-0.2, 0) is 9.53 Å². The number of ether oxygens (including phenoxy) is 1. The molecule has 1 aromatic rings. The minimum absolute atomic E-state index is 0.0638. The number of hydrogen-bond acceptors (Lipinski definition) is 4. The fraction of sp³-hybridized carbons (Fsp3) is 0.562. The van der Waals surface area contributed by atoms with E-state index in [1.54, 1.807) is 0 Å². The van der Waals surface area contributed by atoms with Crippen molar-refractivity contribution in [2.75, 3.05) is 36.5 Å². The second-order valence-electron chi connectivity index (χ2n) is 6.24. The lowest BCUT2D eigenvalue weighted by atomic mass is 9.85. The SMILES string of the molecule is CC1(C(=O)Nc2cccc(N3CCCC3)c2)COCC1N. The lowest BCUT2D eigenvalue weighted by Gasteiger charge is -2.26. The molecule has 0 aliphatic carbocycles. The minimum Gasteiger partial charge on any atom is -0.379 e. The maximum Gasteiger partial charge on any atom is 0.234 e. The first-order chi connectivity index (χ1) is 10.1. The number of anilines is 2. The molecule has 2 atom stereocenters. The number of nitrogens with zero attached hydrogens (tertiary/aromatic N) is 1. The van der Waals surface area contributed by atoms with E-state index in [0.29, 0.717) is 13.2 Å². The molecule has 0 radical (unpaired) electrons. The average molecular weight is 289 g/mol. The second kappa shape index (κ2) is 5.66. The Hall–Kier alpha value is -1.59. The van der Waals surface area contributed by atoms with Gasteiger partial charge in [-0.1, -0.05) is 6.07 Å². The first kappa shape index (κ1) is 14.4. The van der Waals surface area contributed by atoms with E-state index in [1.807, 2.05) is 25.1 Å².